The molecule has 5 heteroatoms. The van der Waals surface area contributed by atoms with Gasteiger partial charge in [0.05, 0.1) is 34.2 Å². The smallest absolute Gasteiger partial charge is 0.234 e. The van der Waals surface area contributed by atoms with E-state index < -0.39 is 0 Å². The lowest BCUT2D eigenvalue weighted by atomic mass is 9.99. The van der Waals surface area contributed by atoms with E-state index in [0.29, 0.717) is 0 Å². The first kappa shape index (κ1) is 30.1. The summed E-state index contributed by atoms with van der Waals surface area (Å²) in [6, 6.07) is 0. The zero-order valence-electron chi connectivity index (χ0n) is 20.6. The van der Waals surface area contributed by atoms with Gasteiger partial charge in [-0.2, -0.15) is 0 Å². The first-order valence-corrected chi connectivity index (χ1v) is 13.4. The monoisotopic (exact) mass is 643 g/mol. The van der Waals surface area contributed by atoms with E-state index in [1.807, 2.05) is 0 Å². The van der Waals surface area contributed by atoms with E-state index >= 15 is 0 Å². The fourth-order valence-electron chi connectivity index (χ4n) is 2.94. The van der Waals surface area contributed by atoms with Crippen molar-refractivity contribution in [2.24, 2.45) is 0 Å². The van der Waals surface area contributed by atoms with Gasteiger partial charge in [0.1, 0.15) is 3.92 Å². The Balaban J connectivity index is 4.36. The van der Waals surface area contributed by atoms with Crippen LogP contribution in [0.5, 0.6) is 0 Å². The molecule has 0 heterocycles. The van der Waals surface area contributed by atoms with Gasteiger partial charge in [-0.15, -0.1) is 0 Å². The lowest BCUT2D eigenvalue weighted by Gasteiger charge is -2.28. The van der Waals surface area contributed by atoms with Crippen LogP contribution in [0.4, 0.5) is 0 Å². The lowest BCUT2D eigenvalue weighted by molar-refractivity contribution is -0.869. The topological polar surface area (TPSA) is 29.1 Å². The number of nitrogens with one attached hydrogen (secondary N) is 1. The lowest BCUT2D eigenvalue weighted by Crippen LogP contribution is -2.46. The molecule has 1 amide bonds. The van der Waals surface area contributed by atoms with Crippen LogP contribution in [-0.4, -0.2) is 52.0 Å². The van der Waals surface area contributed by atoms with Gasteiger partial charge in [-0.3, -0.25) is 4.79 Å². The predicted molar refractivity (Wildman–Crippen MR) is 151 cm³/mol. The van der Waals surface area contributed by atoms with Crippen LogP contribution in [0.3, 0.4) is 0 Å². The minimum absolute atomic E-state index is 0.0248. The predicted octanol–water partition coefficient (Wildman–Crippen LogP) is 7.01. The molecule has 30 heavy (non-hydrogen) atoms. The number of carbonyl (C=O) groups excluding carboxylic acids is 1. The Morgan fingerprint density at radius 1 is 0.967 bits per heavy atom. The molecular formula is C25H45I2N2O+. The number of nitrogens with zero attached hydrogens (tertiary/aromatic N) is 1. The van der Waals surface area contributed by atoms with Crippen molar-refractivity contribution in [2.45, 2.75) is 80.5 Å². The van der Waals surface area contributed by atoms with Gasteiger partial charge in [0.2, 0.25) is 5.91 Å². The molecule has 1 N–H and O–H groups in total. The van der Waals surface area contributed by atoms with Gasteiger partial charge in [0.15, 0.2) is 0 Å². The molecule has 0 rings (SSSR count). The van der Waals surface area contributed by atoms with Crippen molar-refractivity contribution >= 4 is 51.1 Å². The number of likely N-dealkylation sites (N-methyl/N-ethyl adjacent to an activating group) is 1. The molecule has 0 aliphatic carbocycles. The van der Waals surface area contributed by atoms with Crippen LogP contribution in [0.1, 0.15) is 73.1 Å². The number of hydrogen-bond donors (Lipinski definition) is 1. The van der Waals surface area contributed by atoms with Gasteiger partial charge in [0.25, 0.3) is 0 Å². The van der Waals surface area contributed by atoms with Crippen molar-refractivity contribution in [3.63, 3.8) is 0 Å². The number of carbonyl (C=O) groups is 1. The molecule has 0 aliphatic heterocycles. The molecule has 174 valence electrons. The van der Waals surface area contributed by atoms with Gasteiger partial charge < -0.3 is 9.80 Å². The van der Waals surface area contributed by atoms with E-state index in [1.54, 1.807) is 0 Å². The Hall–Kier alpha value is 0.110. The zero-order chi connectivity index (χ0) is 23.4. The Kier molecular flexibility index (Phi) is 15.1. The first-order valence-electron chi connectivity index (χ1n) is 11.1. The first-order chi connectivity index (χ1) is 13.7. The maximum atomic E-state index is 12.5. The molecule has 0 aliphatic rings. The number of alkyl halides is 2. The van der Waals surface area contributed by atoms with Crippen LogP contribution >= 0.6 is 45.2 Å². The number of amides is 1. The quantitative estimate of drug-likeness (QED) is 0.0940. The fourth-order valence-corrected chi connectivity index (χ4v) is 4.07. The fraction of sp³-hybridized carbons (Fsp3) is 0.720. The summed E-state index contributed by atoms with van der Waals surface area (Å²) < 4.78 is 0.794. The van der Waals surface area contributed by atoms with E-state index in [2.05, 4.69) is 124 Å². The highest BCUT2D eigenvalue weighted by Crippen LogP contribution is 2.34. The highest BCUT2D eigenvalue weighted by molar-refractivity contribution is 14.1. The van der Waals surface area contributed by atoms with E-state index in [4.69, 9.17) is 0 Å². The second-order valence-corrected chi connectivity index (χ2v) is 13.7. The Bertz CT molecular complexity index is 609. The maximum Gasteiger partial charge on any atom is 0.234 e. The number of quaternary nitrogens is 1. The third kappa shape index (κ3) is 15.8. The van der Waals surface area contributed by atoms with Crippen molar-refractivity contribution < 1.29 is 9.28 Å². The van der Waals surface area contributed by atoms with Crippen LogP contribution in [0.2, 0.25) is 0 Å². The van der Waals surface area contributed by atoms with Gasteiger partial charge in [-0.05, 0) is 73.1 Å². The van der Waals surface area contributed by atoms with Crippen molar-refractivity contribution in [3.05, 3.63) is 34.9 Å². The summed E-state index contributed by atoms with van der Waals surface area (Å²) in [6.45, 7) is 12.7. The van der Waals surface area contributed by atoms with Crippen molar-refractivity contribution in [3.8, 4) is 0 Å². The normalized spacial score (nSPS) is 16.1. The molecule has 2 atom stereocenters. The molecule has 0 radical (unpaired) electrons. The van der Waals surface area contributed by atoms with Crippen LogP contribution < -0.4 is 5.32 Å². The van der Waals surface area contributed by atoms with Crippen molar-refractivity contribution in [2.75, 3.05) is 34.2 Å². The molecule has 0 saturated carbocycles. The SMILES string of the molecule is CC(C)=CCCC(C)=CCCC(C)=CCCC(C)(I)C(I)C(=O)NCC[N+](C)(C)C. The average molecular weight is 643 g/mol. The van der Waals surface area contributed by atoms with Gasteiger partial charge >= 0.3 is 0 Å². The summed E-state index contributed by atoms with van der Waals surface area (Å²) in [7, 11) is 6.44. The summed E-state index contributed by atoms with van der Waals surface area (Å²) in [5.74, 6) is 0.162. The van der Waals surface area contributed by atoms with E-state index in [-0.39, 0.29) is 13.3 Å². The highest BCUT2D eigenvalue weighted by Gasteiger charge is 2.34. The molecule has 0 saturated heterocycles. The Morgan fingerprint density at radius 3 is 1.97 bits per heavy atom. The average Bonchev–Trinajstić information content (AvgIpc) is 2.59. The standard InChI is InChI=1S/C25H44I2N2O/c1-20(2)12-9-13-21(3)14-10-15-22(4)16-11-17-25(5,27)23(26)24(30)28-18-19-29(6,7)8/h12,14,16,23H,9-11,13,15,17-19H2,1-8H3/p+1. The van der Waals surface area contributed by atoms with Crippen LogP contribution in [0, 0.1) is 0 Å². The third-order valence-corrected chi connectivity index (χ3v) is 9.38. The third-order valence-electron chi connectivity index (χ3n) is 5.09. The zero-order valence-corrected chi connectivity index (χ0v) is 24.9. The van der Waals surface area contributed by atoms with Crippen molar-refractivity contribution in [1.29, 1.82) is 0 Å². The molecule has 0 aromatic carbocycles. The molecule has 0 spiro atoms. The number of hydrogen-bond acceptors (Lipinski definition) is 1. The molecule has 3 nitrogen and oxygen atoms in total. The molecule has 0 fully saturated rings. The second-order valence-electron chi connectivity index (χ2n) is 9.94. The summed E-state index contributed by atoms with van der Waals surface area (Å²) in [4.78, 5) is 12.5. The molecular weight excluding hydrogens is 598 g/mol. The molecule has 2 unspecified atom stereocenters. The summed E-state index contributed by atoms with van der Waals surface area (Å²) in [5, 5.41) is 3.11. The molecule has 0 aromatic rings. The van der Waals surface area contributed by atoms with Gasteiger partial charge in [-0.25, -0.2) is 0 Å². The minimum Gasteiger partial charge on any atom is -0.349 e. The molecule has 0 bridgehead atoms. The maximum absolute atomic E-state index is 12.5. The summed E-state index contributed by atoms with van der Waals surface area (Å²) >= 11 is 4.79. The van der Waals surface area contributed by atoms with Crippen LogP contribution in [0.25, 0.3) is 0 Å². The summed E-state index contributed by atoms with van der Waals surface area (Å²) in [6.07, 6.45) is 13.7. The van der Waals surface area contributed by atoms with Crippen molar-refractivity contribution in [1.82, 2.24) is 5.32 Å². The number of rotatable bonds is 14. The number of halogens is 2. The largest absolute Gasteiger partial charge is 0.349 e. The Labute approximate surface area is 214 Å². The molecule has 0 aromatic heterocycles. The van der Waals surface area contributed by atoms with Crippen LogP contribution in [0.15, 0.2) is 34.9 Å². The van der Waals surface area contributed by atoms with E-state index in [9.17, 15) is 4.79 Å². The second kappa shape index (κ2) is 15.0. The summed E-state index contributed by atoms with van der Waals surface area (Å²) in [5.41, 5.74) is 4.34. The highest BCUT2D eigenvalue weighted by atomic mass is 127. The van der Waals surface area contributed by atoms with Crippen LogP contribution in [-0.2, 0) is 4.79 Å². The minimum atomic E-state index is -0.0445. The van der Waals surface area contributed by atoms with E-state index in [0.717, 1.165) is 56.1 Å². The van der Waals surface area contributed by atoms with Gasteiger partial charge in [0, 0.05) is 3.42 Å². The number of allylic oxidation sites excluding steroid dienone is 6. The van der Waals surface area contributed by atoms with E-state index in [1.165, 1.54) is 16.7 Å². The van der Waals surface area contributed by atoms with Gasteiger partial charge in [-0.1, -0.05) is 80.1 Å². The Morgan fingerprint density at radius 2 is 1.47 bits per heavy atom.